The lowest BCUT2D eigenvalue weighted by Gasteiger charge is -2.22. The van der Waals surface area contributed by atoms with E-state index in [4.69, 9.17) is 5.73 Å². The lowest BCUT2D eigenvalue weighted by atomic mass is 9.98. The average molecular weight is 339 g/mol. The number of unbranched alkanes of at least 4 members (excludes halogenated alkanes) is 1. The van der Waals surface area contributed by atoms with Gasteiger partial charge in [0.25, 0.3) is 5.91 Å². The molecule has 1 unspecified atom stereocenters. The van der Waals surface area contributed by atoms with Crippen molar-refractivity contribution in [1.29, 1.82) is 0 Å². The van der Waals surface area contributed by atoms with Gasteiger partial charge in [0.2, 0.25) is 5.91 Å². The van der Waals surface area contributed by atoms with E-state index in [2.05, 4.69) is 29.6 Å². The number of amides is 4. The van der Waals surface area contributed by atoms with Gasteiger partial charge in [-0.2, -0.15) is 0 Å². The van der Waals surface area contributed by atoms with Gasteiger partial charge in [-0.15, -0.1) is 0 Å². The number of carbonyl (C=O) groups is 3. The summed E-state index contributed by atoms with van der Waals surface area (Å²) in [4.78, 5) is 36.1. The second-order valence-corrected chi connectivity index (χ2v) is 6.22. The zero-order valence-corrected chi connectivity index (χ0v) is 13.9. The van der Waals surface area contributed by atoms with Crippen LogP contribution in [0, 0.1) is 0 Å². The number of fused-ring (bicyclic) bond motifs is 1. The fourth-order valence-electron chi connectivity index (χ4n) is 3.31. The molecule has 0 bridgehead atoms. The summed E-state index contributed by atoms with van der Waals surface area (Å²) in [6, 6.07) is 13.0. The van der Waals surface area contributed by atoms with Crippen molar-refractivity contribution in [2.75, 3.05) is 6.54 Å². The summed E-state index contributed by atoms with van der Waals surface area (Å²) in [6.07, 6.45) is 2.81. The lowest BCUT2D eigenvalue weighted by molar-refractivity contribution is -0.133. The van der Waals surface area contributed by atoms with Crippen LogP contribution < -0.4 is 11.1 Å². The van der Waals surface area contributed by atoms with Gasteiger partial charge in [0.1, 0.15) is 6.04 Å². The molecule has 1 atom stereocenters. The highest BCUT2D eigenvalue weighted by Crippen LogP contribution is 2.21. The Morgan fingerprint density at radius 3 is 2.60 bits per heavy atom. The summed E-state index contributed by atoms with van der Waals surface area (Å²) in [5, 5.41) is 4.85. The predicted octanol–water partition coefficient (Wildman–Crippen LogP) is 1.96. The zero-order chi connectivity index (χ0) is 17.8. The third kappa shape index (κ3) is 3.63. The van der Waals surface area contributed by atoms with Crippen molar-refractivity contribution in [3.8, 4) is 0 Å². The Kier molecular flexibility index (Phi) is 4.97. The molecule has 130 valence electrons. The molecule has 3 N–H and O–H groups in total. The highest BCUT2D eigenvalue weighted by molar-refractivity contribution is 6.05. The summed E-state index contributed by atoms with van der Waals surface area (Å²) in [6.45, 7) is -0.0708. The van der Waals surface area contributed by atoms with Crippen molar-refractivity contribution in [3.63, 3.8) is 0 Å². The van der Waals surface area contributed by atoms with Gasteiger partial charge in [-0.1, -0.05) is 48.9 Å². The molecule has 1 aliphatic heterocycles. The molecule has 1 aliphatic rings. The highest BCUT2D eigenvalue weighted by atomic mass is 16.2. The van der Waals surface area contributed by atoms with E-state index in [1.54, 1.807) is 0 Å². The fraction of sp³-hybridized carbons (Fsp3) is 0.316. The Morgan fingerprint density at radius 2 is 1.88 bits per heavy atom. The number of hydrogen-bond donors (Lipinski definition) is 2. The van der Waals surface area contributed by atoms with Crippen molar-refractivity contribution < 1.29 is 14.4 Å². The summed E-state index contributed by atoms with van der Waals surface area (Å²) in [5.41, 5.74) is 6.65. The number of nitrogens with one attached hydrogen (secondary N) is 1. The summed E-state index contributed by atoms with van der Waals surface area (Å²) in [5.74, 6) is -1.04. The first-order valence-corrected chi connectivity index (χ1v) is 8.44. The number of primary amides is 1. The van der Waals surface area contributed by atoms with Crippen LogP contribution in [-0.2, 0) is 16.0 Å². The smallest absolute Gasteiger partial charge is 0.325 e. The highest BCUT2D eigenvalue weighted by Gasteiger charge is 2.37. The Bertz CT molecular complexity index is 797. The number of carbonyl (C=O) groups excluding carboxylic acids is 3. The number of benzene rings is 2. The van der Waals surface area contributed by atoms with Crippen LogP contribution in [-0.4, -0.2) is 35.3 Å². The first-order chi connectivity index (χ1) is 12.1. The van der Waals surface area contributed by atoms with Gasteiger partial charge in [-0.05, 0) is 35.6 Å². The zero-order valence-electron chi connectivity index (χ0n) is 13.9. The van der Waals surface area contributed by atoms with E-state index >= 15 is 0 Å². The van der Waals surface area contributed by atoms with Gasteiger partial charge in [0.05, 0.1) is 6.54 Å². The van der Waals surface area contributed by atoms with Gasteiger partial charge >= 0.3 is 6.03 Å². The molecule has 2 aromatic rings. The van der Waals surface area contributed by atoms with E-state index in [1.807, 2.05) is 18.2 Å². The number of imide groups is 1. The molecule has 2 aromatic carbocycles. The van der Waals surface area contributed by atoms with Crippen molar-refractivity contribution in [1.82, 2.24) is 10.2 Å². The third-order valence-corrected chi connectivity index (χ3v) is 4.57. The molecule has 1 fully saturated rings. The van der Waals surface area contributed by atoms with E-state index in [0.29, 0.717) is 12.8 Å². The van der Waals surface area contributed by atoms with Gasteiger partial charge < -0.3 is 11.1 Å². The third-order valence-electron chi connectivity index (χ3n) is 4.57. The molecule has 25 heavy (non-hydrogen) atoms. The van der Waals surface area contributed by atoms with E-state index in [-0.39, 0.29) is 6.54 Å². The predicted molar refractivity (Wildman–Crippen MR) is 94.7 cm³/mol. The number of hydrogen-bond acceptors (Lipinski definition) is 3. The number of nitrogens with two attached hydrogens (primary N) is 1. The van der Waals surface area contributed by atoms with E-state index in [0.717, 1.165) is 17.7 Å². The topological polar surface area (TPSA) is 92.5 Å². The monoisotopic (exact) mass is 339 g/mol. The normalized spacial score (nSPS) is 15.4. The second kappa shape index (κ2) is 7.34. The molecular weight excluding hydrogens is 318 g/mol. The Balaban J connectivity index is 1.60. The molecule has 0 aromatic heterocycles. The van der Waals surface area contributed by atoms with E-state index < -0.39 is 23.9 Å². The maximum Gasteiger partial charge on any atom is 0.325 e. The van der Waals surface area contributed by atoms with Crippen molar-refractivity contribution in [2.24, 2.45) is 5.73 Å². The van der Waals surface area contributed by atoms with E-state index in [1.165, 1.54) is 16.3 Å². The molecule has 0 aliphatic carbocycles. The first-order valence-electron chi connectivity index (χ1n) is 8.44. The number of rotatable bonds is 7. The first kappa shape index (κ1) is 17.0. The molecule has 0 radical (unpaired) electrons. The largest absolute Gasteiger partial charge is 0.368 e. The molecule has 0 spiro atoms. The van der Waals surface area contributed by atoms with Crippen molar-refractivity contribution in [3.05, 3.63) is 48.0 Å². The molecule has 6 heteroatoms. The SMILES string of the molecule is NC(=O)C(CCCCc1cccc2ccccc12)N1C(=O)CNC1=O. The molecular formula is C19H21N3O3. The van der Waals surface area contributed by atoms with Crippen LogP contribution in [0.2, 0.25) is 0 Å². The van der Waals surface area contributed by atoms with Crippen LogP contribution in [0.4, 0.5) is 4.79 Å². The standard InChI is InChI=1S/C19H21N3O3/c20-18(24)16(22-17(23)12-21-19(22)25)11-4-2-7-14-9-5-8-13-6-1-3-10-15(13)14/h1,3,5-6,8-10,16H,2,4,7,11-12H2,(H2,20,24)(H,21,25). The molecule has 1 heterocycles. The number of aryl methyl sites for hydroxylation is 1. The molecule has 4 amide bonds. The Morgan fingerprint density at radius 1 is 1.12 bits per heavy atom. The number of urea groups is 1. The minimum atomic E-state index is -0.873. The Labute approximate surface area is 146 Å². The summed E-state index contributed by atoms with van der Waals surface area (Å²) in [7, 11) is 0. The van der Waals surface area contributed by atoms with Crippen LogP contribution in [0.15, 0.2) is 42.5 Å². The lowest BCUT2D eigenvalue weighted by Crippen LogP contribution is -2.48. The minimum Gasteiger partial charge on any atom is -0.368 e. The van der Waals surface area contributed by atoms with Crippen LogP contribution in [0.5, 0.6) is 0 Å². The maximum atomic E-state index is 11.8. The van der Waals surface area contributed by atoms with E-state index in [9.17, 15) is 14.4 Å². The molecule has 3 rings (SSSR count). The quantitative estimate of drug-likeness (QED) is 0.596. The van der Waals surface area contributed by atoms with Crippen LogP contribution >= 0.6 is 0 Å². The van der Waals surface area contributed by atoms with Crippen molar-refractivity contribution in [2.45, 2.75) is 31.7 Å². The van der Waals surface area contributed by atoms with Crippen LogP contribution in [0.3, 0.4) is 0 Å². The van der Waals surface area contributed by atoms with Crippen molar-refractivity contribution >= 4 is 28.6 Å². The molecule has 6 nitrogen and oxygen atoms in total. The minimum absolute atomic E-state index is 0.0708. The average Bonchev–Trinajstić information content (AvgIpc) is 2.93. The molecule has 0 saturated carbocycles. The number of nitrogens with zero attached hydrogens (tertiary/aromatic N) is 1. The van der Waals surface area contributed by atoms with Crippen LogP contribution in [0.25, 0.3) is 10.8 Å². The summed E-state index contributed by atoms with van der Waals surface area (Å²) >= 11 is 0. The second-order valence-electron chi connectivity index (χ2n) is 6.22. The maximum absolute atomic E-state index is 11.8. The van der Waals surface area contributed by atoms with Gasteiger partial charge in [-0.3, -0.25) is 14.5 Å². The molecule has 1 saturated heterocycles. The van der Waals surface area contributed by atoms with Gasteiger partial charge in [-0.25, -0.2) is 4.79 Å². The van der Waals surface area contributed by atoms with Gasteiger partial charge in [0.15, 0.2) is 0 Å². The fourth-order valence-corrected chi connectivity index (χ4v) is 3.31. The van der Waals surface area contributed by atoms with Gasteiger partial charge in [0, 0.05) is 0 Å². The summed E-state index contributed by atoms with van der Waals surface area (Å²) < 4.78 is 0. The Hall–Kier alpha value is -2.89. The van der Waals surface area contributed by atoms with Crippen LogP contribution in [0.1, 0.15) is 24.8 Å².